The van der Waals surface area contributed by atoms with Crippen molar-refractivity contribution in [2.75, 3.05) is 24.9 Å². The summed E-state index contributed by atoms with van der Waals surface area (Å²) in [7, 11) is -1.43. The molecule has 0 spiro atoms. The van der Waals surface area contributed by atoms with Gasteiger partial charge in [0, 0.05) is 33.1 Å². The number of hydrogen-bond acceptors (Lipinski definition) is 4. The lowest BCUT2D eigenvalue weighted by molar-refractivity contribution is -0.140. The third-order valence-corrected chi connectivity index (χ3v) is 7.85. The highest BCUT2D eigenvalue weighted by Crippen LogP contribution is 2.22. The number of carbonyl (C=O) groups is 2. The third-order valence-electron chi connectivity index (χ3n) is 6.03. The molecule has 0 aliphatic carbocycles. The lowest BCUT2D eigenvalue weighted by atomic mass is 10.0. The van der Waals surface area contributed by atoms with Gasteiger partial charge in [0.05, 0.1) is 5.69 Å². The van der Waals surface area contributed by atoms with Crippen LogP contribution in [0.2, 0.25) is 0 Å². The van der Waals surface area contributed by atoms with Crippen LogP contribution in [0.25, 0.3) is 0 Å². The molecule has 1 N–H and O–H groups in total. The number of benzene rings is 3. The third kappa shape index (κ3) is 8.11. The van der Waals surface area contributed by atoms with E-state index < -0.39 is 34.5 Å². The van der Waals surface area contributed by atoms with E-state index in [0.29, 0.717) is 0 Å². The average Bonchev–Trinajstić information content (AvgIpc) is 2.90. The molecule has 0 radical (unpaired) electrons. The summed E-state index contributed by atoms with van der Waals surface area (Å²) in [5.41, 5.74) is 1.76. The average molecular weight is 555 g/mol. The molecule has 0 aliphatic rings. The van der Waals surface area contributed by atoms with Crippen LogP contribution in [0.1, 0.15) is 25.0 Å². The predicted octanol–water partition coefficient (Wildman–Crippen LogP) is 3.60. The van der Waals surface area contributed by atoms with E-state index in [-0.39, 0.29) is 30.6 Å². The second kappa shape index (κ2) is 13.3. The predicted molar refractivity (Wildman–Crippen MR) is 151 cm³/mol. The smallest absolute Gasteiger partial charge is 0.304 e. The molecular weight excluding hydrogens is 519 g/mol. The Balaban J connectivity index is 2.06. The SMILES string of the molecule is CC(C)NC(=O)[C@@H](Cc1ccccc1)N(Cc1ccccc1)C(=O)CN(c1ccc(F)cc1)S(=O)(=O)N(C)C. The molecule has 8 nitrogen and oxygen atoms in total. The van der Waals surface area contributed by atoms with E-state index in [0.717, 1.165) is 31.9 Å². The summed E-state index contributed by atoms with van der Waals surface area (Å²) in [6.07, 6.45) is 0.231. The van der Waals surface area contributed by atoms with Gasteiger partial charge in [-0.15, -0.1) is 0 Å². The minimum absolute atomic E-state index is 0.0853. The van der Waals surface area contributed by atoms with Gasteiger partial charge in [0.25, 0.3) is 0 Å². The van der Waals surface area contributed by atoms with Crippen LogP contribution in [0, 0.1) is 5.82 Å². The Morgan fingerprint density at radius 3 is 1.90 bits per heavy atom. The van der Waals surface area contributed by atoms with Crippen LogP contribution in [0.4, 0.5) is 10.1 Å². The number of anilines is 1. The van der Waals surface area contributed by atoms with Gasteiger partial charge >= 0.3 is 10.2 Å². The zero-order chi connectivity index (χ0) is 28.6. The first-order valence-electron chi connectivity index (χ1n) is 12.6. The van der Waals surface area contributed by atoms with Crippen LogP contribution in [0.5, 0.6) is 0 Å². The lowest BCUT2D eigenvalue weighted by Gasteiger charge is -2.34. The van der Waals surface area contributed by atoms with Gasteiger partial charge in [0.1, 0.15) is 18.4 Å². The van der Waals surface area contributed by atoms with Gasteiger partial charge < -0.3 is 10.2 Å². The van der Waals surface area contributed by atoms with Crippen LogP contribution >= 0.6 is 0 Å². The van der Waals surface area contributed by atoms with Crippen LogP contribution in [-0.4, -0.2) is 62.2 Å². The van der Waals surface area contributed by atoms with E-state index in [9.17, 15) is 22.4 Å². The largest absolute Gasteiger partial charge is 0.352 e. The first kappa shape index (κ1) is 29.8. The second-order valence-electron chi connectivity index (χ2n) is 9.65. The molecule has 3 rings (SSSR count). The van der Waals surface area contributed by atoms with Crippen molar-refractivity contribution in [1.82, 2.24) is 14.5 Å². The van der Waals surface area contributed by atoms with Crippen molar-refractivity contribution in [2.24, 2.45) is 0 Å². The van der Waals surface area contributed by atoms with Gasteiger partial charge in [-0.2, -0.15) is 12.7 Å². The van der Waals surface area contributed by atoms with Gasteiger partial charge in [0.2, 0.25) is 11.8 Å². The number of halogens is 1. The van der Waals surface area contributed by atoms with Crippen LogP contribution in [-0.2, 0) is 32.8 Å². The molecule has 208 valence electrons. The van der Waals surface area contributed by atoms with Crippen LogP contribution < -0.4 is 9.62 Å². The Hall–Kier alpha value is -3.76. The Bertz CT molecular complexity index is 1330. The summed E-state index contributed by atoms with van der Waals surface area (Å²) in [5.74, 6) is -1.46. The molecule has 0 unspecified atom stereocenters. The highest BCUT2D eigenvalue weighted by atomic mass is 32.2. The number of amides is 2. The van der Waals surface area contributed by atoms with Crippen molar-refractivity contribution in [3.05, 3.63) is 102 Å². The standard InChI is InChI=1S/C29H35FN4O4S/c1-22(2)31-29(36)27(19-23-11-7-5-8-12-23)33(20-24-13-9-6-10-14-24)28(35)21-34(39(37,38)32(3)4)26-17-15-25(30)16-18-26/h5-18,22,27H,19-21H2,1-4H3,(H,31,36)/t27-/m1/s1. The number of rotatable bonds is 12. The maximum Gasteiger partial charge on any atom is 0.304 e. The fraction of sp³-hybridized carbons (Fsp3) is 0.310. The molecule has 0 aliphatic heterocycles. The molecule has 39 heavy (non-hydrogen) atoms. The van der Waals surface area contributed by atoms with Crippen molar-refractivity contribution < 1.29 is 22.4 Å². The number of hydrogen-bond donors (Lipinski definition) is 1. The Morgan fingerprint density at radius 1 is 0.846 bits per heavy atom. The molecule has 0 saturated carbocycles. The summed E-state index contributed by atoms with van der Waals surface area (Å²) in [5, 5.41) is 2.91. The minimum atomic E-state index is -4.13. The summed E-state index contributed by atoms with van der Waals surface area (Å²) in [6.45, 7) is 3.17. The first-order valence-corrected chi connectivity index (χ1v) is 14.0. The highest BCUT2D eigenvalue weighted by Gasteiger charge is 2.34. The first-order chi connectivity index (χ1) is 18.5. The maximum absolute atomic E-state index is 14.0. The van der Waals surface area contributed by atoms with Crippen molar-refractivity contribution in [3.63, 3.8) is 0 Å². The Kier molecular flexibility index (Phi) is 10.2. The van der Waals surface area contributed by atoms with E-state index in [2.05, 4.69) is 5.32 Å². The fourth-order valence-corrected chi connectivity index (χ4v) is 5.09. The lowest BCUT2D eigenvalue weighted by Crippen LogP contribution is -2.55. The normalized spacial score (nSPS) is 12.3. The summed E-state index contributed by atoms with van der Waals surface area (Å²) < 4.78 is 42.1. The van der Waals surface area contributed by atoms with Crippen LogP contribution in [0.15, 0.2) is 84.9 Å². The van der Waals surface area contributed by atoms with Crippen molar-refractivity contribution >= 4 is 27.7 Å². The van der Waals surface area contributed by atoms with Gasteiger partial charge in [-0.1, -0.05) is 60.7 Å². The number of carbonyl (C=O) groups excluding carboxylic acids is 2. The van der Waals surface area contributed by atoms with Gasteiger partial charge in [-0.3, -0.25) is 9.59 Å². The molecule has 0 saturated heterocycles. The summed E-state index contributed by atoms with van der Waals surface area (Å²) >= 11 is 0. The second-order valence-corrected chi connectivity index (χ2v) is 11.7. The van der Waals surface area contributed by atoms with E-state index in [1.165, 1.54) is 31.1 Å². The van der Waals surface area contributed by atoms with Crippen molar-refractivity contribution in [2.45, 2.75) is 38.9 Å². The van der Waals surface area contributed by atoms with Gasteiger partial charge in [-0.25, -0.2) is 8.70 Å². The summed E-state index contributed by atoms with van der Waals surface area (Å²) in [6, 6.07) is 22.3. The molecule has 0 heterocycles. The van der Waals surface area contributed by atoms with Gasteiger partial charge in [-0.05, 0) is 49.2 Å². The topological polar surface area (TPSA) is 90.0 Å². The van der Waals surface area contributed by atoms with E-state index in [4.69, 9.17) is 0 Å². The molecular formula is C29H35FN4O4S. The molecule has 3 aromatic carbocycles. The maximum atomic E-state index is 14.0. The van der Waals surface area contributed by atoms with E-state index >= 15 is 0 Å². The molecule has 0 fully saturated rings. The number of nitrogens with one attached hydrogen (secondary N) is 1. The zero-order valence-corrected chi connectivity index (χ0v) is 23.4. The summed E-state index contributed by atoms with van der Waals surface area (Å²) in [4.78, 5) is 29.0. The highest BCUT2D eigenvalue weighted by molar-refractivity contribution is 7.90. The molecule has 0 aromatic heterocycles. The molecule has 0 bridgehead atoms. The molecule has 3 aromatic rings. The fourth-order valence-electron chi connectivity index (χ4n) is 4.04. The van der Waals surface area contributed by atoms with E-state index in [1.807, 2.05) is 74.5 Å². The van der Waals surface area contributed by atoms with Crippen LogP contribution in [0.3, 0.4) is 0 Å². The van der Waals surface area contributed by atoms with Gasteiger partial charge in [0.15, 0.2) is 0 Å². The number of nitrogens with zero attached hydrogens (tertiary/aromatic N) is 3. The zero-order valence-electron chi connectivity index (χ0n) is 22.6. The van der Waals surface area contributed by atoms with Crippen molar-refractivity contribution in [1.29, 1.82) is 0 Å². The Labute approximate surface area is 230 Å². The Morgan fingerprint density at radius 2 is 1.38 bits per heavy atom. The molecule has 10 heteroatoms. The monoisotopic (exact) mass is 554 g/mol. The van der Waals surface area contributed by atoms with Crippen molar-refractivity contribution in [3.8, 4) is 0 Å². The van der Waals surface area contributed by atoms with E-state index in [1.54, 1.807) is 0 Å². The minimum Gasteiger partial charge on any atom is -0.352 e. The molecule has 1 atom stereocenters. The quantitative estimate of drug-likeness (QED) is 0.371. The molecule has 2 amide bonds.